The van der Waals surface area contributed by atoms with Crippen LogP contribution in [0.1, 0.15) is 57.1 Å². The number of nitrogens with one attached hydrogen (secondary N) is 1. The molecule has 0 unspecified atom stereocenters. The molecule has 0 aromatic heterocycles. The van der Waals surface area contributed by atoms with E-state index < -0.39 is 34.5 Å². The molecule has 194 valence electrons. The molecule has 6 rings (SSSR count). The number of phenols is 1. The van der Waals surface area contributed by atoms with Gasteiger partial charge in [0, 0.05) is 18.2 Å². The summed E-state index contributed by atoms with van der Waals surface area (Å²) in [5.41, 5.74) is -1.66. The van der Waals surface area contributed by atoms with Gasteiger partial charge in [-0.1, -0.05) is 6.07 Å². The molecule has 0 radical (unpaired) electrons. The number of aliphatic hydroxyl groups is 2. The van der Waals surface area contributed by atoms with E-state index in [1.54, 1.807) is 13.0 Å². The minimum atomic E-state index is -1.29. The summed E-state index contributed by atoms with van der Waals surface area (Å²) in [6, 6.07) is 3.29. The number of rotatable bonds is 6. The number of amides is 1. The summed E-state index contributed by atoms with van der Waals surface area (Å²) in [6.45, 7) is 4.94. The van der Waals surface area contributed by atoms with Gasteiger partial charge in [0.2, 0.25) is 0 Å². The third kappa shape index (κ3) is 3.08. The van der Waals surface area contributed by atoms with Crippen LogP contribution < -0.4 is 10.1 Å². The molecular weight excluding hydrogens is 464 g/mol. The summed E-state index contributed by atoms with van der Waals surface area (Å²) in [4.78, 5) is 27.6. The maximum Gasteiger partial charge on any atom is 0.331 e. The standard InChI is InChI=1S/C27H34N2O7/c1-14(23(32)28-26(8-9-26)24(33)35-3)20(31)22-27-10-11-29(13-15-4-5-15)18(25(27,2)34)12-16-6-7-17(30)21(36-22)19(16)27/h6-7,15,18,22,30-31,34H,4-5,8-13H2,1-3H3,(H,28,32)/b20-14-/t18-,22+,25-,27+/m1/s1. The van der Waals surface area contributed by atoms with Gasteiger partial charge in [-0.05, 0) is 76.5 Å². The molecule has 3 aliphatic carbocycles. The van der Waals surface area contributed by atoms with Crippen LogP contribution >= 0.6 is 0 Å². The van der Waals surface area contributed by atoms with E-state index in [9.17, 15) is 24.9 Å². The van der Waals surface area contributed by atoms with E-state index in [1.807, 2.05) is 6.07 Å². The van der Waals surface area contributed by atoms with Crippen molar-refractivity contribution in [3.8, 4) is 11.5 Å². The molecule has 9 heteroatoms. The Labute approximate surface area is 210 Å². The molecule has 2 aliphatic heterocycles. The zero-order chi connectivity index (χ0) is 25.6. The number of ether oxygens (including phenoxy) is 2. The number of esters is 1. The molecule has 2 heterocycles. The van der Waals surface area contributed by atoms with Gasteiger partial charge in [0.15, 0.2) is 17.6 Å². The maximum atomic E-state index is 13.1. The number of aliphatic hydroxyl groups excluding tert-OH is 1. The number of nitrogens with zero attached hydrogens (tertiary/aromatic N) is 1. The van der Waals surface area contributed by atoms with Crippen LogP contribution in [0, 0.1) is 5.92 Å². The monoisotopic (exact) mass is 498 g/mol. The molecule has 3 fully saturated rings. The van der Waals surface area contributed by atoms with E-state index >= 15 is 0 Å². The highest BCUT2D eigenvalue weighted by molar-refractivity contribution is 5.98. The van der Waals surface area contributed by atoms with Gasteiger partial charge in [-0.25, -0.2) is 4.79 Å². The number of phenolic OH excluding ortho intramolecular Hbond substituents is 1. The maximum absolute atomic E-state index is 13.1. The van der Waals surface area contributed by atoms with Crippen molar-refractivity contribution in [3.05, 3.63) is 34.6 Å². The van der Waals surface area contributed by atoms with E-state index in [2.05, 4.69) is 10.2 Å². The van der Waals surface area contributed by atoms with E-state index in [4.69, 9.17) is 9.47 Å². The lowest BCUT2D eigenvalue weighted by Crippen LogP contribution is -2.73. The number of hydrogen-bond acceptors (Lipinski definition) is 8. The number of aromatic hydroxyl groups is 1. The Morgan fingerprint density at radius 3 is 2.61 bits per heavy atom. The average molecular weight is 499 g/mol. The highest BCUT2D eigenvalue weighted by Gasteiger charge is 2.69. The molecular formula is C27H34N2O7. The van der Waals surface area contributed by atoms with Crippen molar-refractivity contribution in [2.24, 2.45) is 5.92 Å². The van der Waals surface area contributed by atoms with Crippen LogP contribution in [0.4, 0.5) is 0 Å². The molecule has 9 nitrogen and oxygen atoms in total. The highest BCUT2D eigenvalue weighted by atomic mass is 16.5. The Bertz CT molecular complexity index is 1180. The number of carbonyl (C=O) groups is 2. The van der Waals surface area contributed by atoms with Crippen LogP contribution in [0.2, 0.25) is 0 Å². The molecule has 36 heavy (non-hydrogen) atoms. The predicted molar refractivity (Wildman–Crippen MR) is 129 cm³/mol. The van der Waals surface area contributed by atoms with Gasteiger partial charge in [-0.3, -0.25) is 9.69 Å². The SMILES string of the molecule is COC(=O)C1(NC(=O)/C(C)=C(\O)[C@@H]2Oc3c(O)ccc4c3[C@@]23CCN(CC2CC2)[C@H](C4)[C@@]3(C)O)CC1. The molecule has 1 aromatic carbocycles. The van der Waals surface area contributed by atoms with Crippen LogP contribution in [0.5, 0.6) is 11.5 Å². The summed E-state index contributed by atoms with van der Waals surface area (Å²) in [7, 11) is 1.28. The minimum absolute atomic E-state index is 0.0109. The Kier molecular flexibility index (Phi) is 4.99. The van der Waals surface area contributed by atoms with Gasteiger partial charge in [-0.2, -0.15) is 0 Å². The van der Waals surface area contributed by atoms with Gasteiger partial charge >= 0.3 is 5.97 Å². The molecule has 4 N–H and O–H groups in total. The molecule has 1 spiro atoms. The van der Waals surface area contributed by atoms with E-state index in [-0.39, 0.29) is 28.9 Å². The number of hydrogen-bond donors (Lipinski definition) is 4. The predicted octanol–water partition coefficient (Wildman–Crippen LogP) is 1.84. The van der Waals surface area contributed by atoms with Crippen molar-refractivity contribution in [2.75, 3.05) is 20.2 Å². The molecule has 1 saturated heterocycles. The first-order valence-corrected chi connectivity index (χ1v) is 12.8. The second-order valence-corrected chi connectivity index (χ2v) is 11.5. The fourth-order valence-corrected chi connectivity index (χ4v) is 6.90. The van der Waals surface area contributed by atoms with Crippen molar-refractivity contribution >= 4 is 11.9 Å². The van der Waals surface area contributed by atoms with Crippen LogP contribution in [0.25, 0.3) is 0 Å². The minimum Gasteiger partial charge on any atom is -0.508 e. The van der Waals surface area contributed by atoms with E-state index in [0.717, 1.165) is 24.2 Å². The molecule has 1 amide bonds. The van der Waals surface area contributed by atoms with Gasteiger partial charge in [0.25, 0.3) is 5.91 Å². The van der Waals surface area contributed by atoms with E-state index in [0.29, 0.717) is 31.6 Å². The molecule has 1 aromatic rings. The third-order valence-corrected chi connectivity index (χ3v) is 9.39. The summed E-state index contributed by atoms with van der Waals surface area (Å²) in [6.07, 6.45) is 3.43. The average Bonchev–Trinajstić information content (AvgIpc) is 3.77. The van der Waals surface area contributed by atoms with Crippen molar-refractivity contribution in [3.63, 3.8) is 0 Å². The number of carbonyl (C=O) groups excluding carboxylic acids is 2. The summed E-state index contributed by atoms with van der Waals surface area (Å²) in [5.74, 6) is -0.532. The second kappa shape index (κ2) is 7.61. The lowest BCUT2D eigenvalue weighted by atomic mass is 9.53. The van der Waals surface area contributed by atoms with Crippen molar-refractivity contribution < 1.29 is 34.4 Å². The normalized spacial score (nSPS) is 34.2. The van der Waals surface area contributed by atoms with Gasteiger partial charge in [-0.15, -0.1) is 0 Å². The summed E-state index contributed by atoms with van der Waals surface area (Å²) in [5, 5.41) is 37.1. The van der Waals surface area contributed by atoms with Crippen molar-refractivity contribution in [1.82, 2.24) is 10.2 Å². The lowest BCUT2D eigenvalue weighted by molar-refractivity contribution is -0.153. The molecule has 2 saturated carbocycles. The highest BCUT2D eigenvalue weighted by Crippen LogP contribution is 2.63. The number of likely N-dealkylation sites (tertiary alicyclic amines) is 1. The molecule has 2 bridgehead atoms. The molecule has 5 aliphatic rings. The van der Waals surface area contributed by atoms with Crippen LogP contribution in [0.15, 0.2) is 23.5 Å². The number of piperidine rings is 1. The zero-order valence-corrected chi connectivity index (χ0v) is 21.0. The Morgan fingerprint density at radius 2 is 1.97 bits per heavy atom. The Hall–Kier alpha value is -2.78. The van der Waals surface area contributed by atoms with Crippen molar-refractivity contribution in [2.45, 2.75) is 81.1 Å². The summed E-state index contributed by atoms with van der Waals surface area (Å²) >= 11 is 0. The van der Waals surface area contributed by atoms with Gasteiger partial charge in [0.05, 0.1) is 23.7 Å². The number of benzene rings is 1. The fourth-order valence-electron chi connectivity index (χ4n) is 6.90. The quantitative estimate of drug-likeness (QED) is 0.266. The second-order valence-electron chi connectivity index (χ2n) is 11.5. The largest absolute Gasteiger partial charge is 0.508 e. The van der Waals surface area contributed by atoms with Gasteiger partial charge in [0.1, 0.15) is 11.3 Å². The Balaban J connectivity index is 1.41. The first-order valence-electron chi connectivity index (χ1n) is 12.8. The number of fused-ring (bicyclic) bond motifs is 1. The zero-order valence-electron chi connectivity index (χ0n) is 21.0. The first-order chi connectivity index (χ1) is 17.1. The smallest absolute Gasteiger partial charge is 0.331 e. The molecule has 4 atom stereocenters. The Morgan fingerprint density at radius 1 is 1.25 bits per heavy atom. The van der Waals surface area contributed by atoms with Crippen LogP contribution in [0.3, 0.4) is 0 Å². The van der Waals surface area contributed by atoms with Gasteiger partial charge < -0.3 is 30.1 Å². The third-order valence-electron chi connectivity index (χ3n) is 9.39. The summed E-state index contributed by atoms with van der Waals surface area (Å²) < 4.78 is 11.1. The fraction of sp³-hybridized carbons (Fsp3) is 0.630. The van der Waals surface area contributed by atoms with Crippen molar-refractivity contribution in [1.29, 1.82) is 0 Å². The first kappa shape index (κ1) is 23.6. The van der Waals surface area contributed by atoms with Crippen LogP contribution in [-0.4, -0.2) is 75.6 Å². The number of methoxy groups -OCH3 is 1. The van der Waals surface area contributed by atoms with Crippen LogP contribution in [-0.2, 0) is 26.2 Å². The van der Waals surface area contributed by atoms with E-state index in [1.165, 1.54) is 26.9 Å². The lowest BCUT2D eigenvalue weighted by Gasteiger charge is -2.59. The topological polar surface area (TPSA) is 129 Å².